The molecule has 1 aromatic carbocycles. The summed E-state index contributed by atoms with van der Waals surface area (Å²) < 4.78 is 22.4. The van der Waals surface area contributed by atoms with Gasteiger partial charge >= 0.3 is 7.60 Å². The molecule has 0 aliphatic carbocycles. The molecule has 1 rings (SSSR count). The van der Waals surface area contributed by atoms with Gasteiger partial charge in [0.05, 0.1) is 13.2 Å². The van der Waals surface area contributed by atoms with Crippen molar-refractivity contribution < 1.29 is 18.7 Å². The standard InChI is InChI=1S/C14H21O4P/c1-3-17-19(16,18-4-2)14(15)12-8-11-13-9-6-5-7-10-13/h5-11,14-15H,3-4,12H2,1-2H3/b11-8+/t14-/m0/s1. The highest BCUT2D eigenvalue weighted by atomic mass is 31.2. The van der Waals surface area contributed by atoms with Crippen molar-refractivity contribution >= 4 is 13.7 Å². The Morgan fingerprint density at radius 1 is 1.21 bits per heavy atom. The first-order valence-corrected chi connectivity index (χ1v) is 8.02. The number of aliphatic hydroxyl groups excluding tert-OH is 1. The number of benzene rings is 1. The Labute approximate surface area is 114 Å². The lowest BCUT2D eigenvalue weighted by molar-refractivity contribution is 0.150. The van der Waals surface area contributed by atoms with Gasteiger partial charge in [-0.3, -0.25) is 4.57 Å². The number of aliphatic hydroxyl groups is 1. The van der Waals surface area contributed by atoms with Crippen LogP contribution in [-0.2, 0) is 13.6 Å². The van der Waals surface area contributed by atoms with Gasteiger partial charge in [-0.15, -0.1) is 0 Å². The zero-order valence-corrected chi connectivity index (χ0v) is 12.3. The SMILES string of the molecule is CCOP(=O)(OCC)[C@H](O)C/C=C/c1ccccc1. The van der Waals surface area contributed by atoms with Crippen molar-refractivity contribution in [3.8, 4) is 0 Å². The lowest BCUT2D eigenvalue weighted by Gasteiger charge is -2.21. The van der Waals surface area contributed by atoms with Gasteiger partial charge in [-0.1, -0.05) is 42.5 Å². The molecule has 0 fully saturated rings. The summed E-state index contributed by atoms with van der Waals surface area (Å²) in [6, 6.07) is 9.70. The highest BCUT2D eigenvalue weighted by Gasteiger charge is 2.32. The fourth-order valence-electron chi connectivity index (χ4n) is 1.59. The van der Waals surface area contributed by atoms with Crippen LogP contribution in [0.4, 0.5) is 0 Å². The van der Waals surface area contributed by atoms with Crippen LogP contribution in [0.5, 0.6) is 0 Å². The van der Waals surface area contributed by atoms with Gasteiger partial charge < -0.3 is 14.2 Å². The first-order chi connectivity index (χ1) is 9.12. The minimum atomic E-state index is -3.43. The van der Waals surface area contributed by atoms with Crippen molar-refractivity contribution in [2.45, 2.75) is 26.1 Å². The van der Waals surface area contributed by atoms with Gasteiger partial charge in [-0.2, -0.15) is 0 Å². The lowest BCUT2D eigenvalue weighted by Crippen LogP contribution is -2.11. The Balaban J connectivity index is 2.60. The van der Waals surface area contributed by atoms with Crippen LogP contribution in [0.25, 0.3) is 6.08 Å². The molecule has 1 aromatic rings. The van der Waals surface area contributed by atoms with Crippen LogP contribution in [0.2, 0.25) is 0 Å². The molecule has 0 aromatic heterocycles. The first-order valence-electron chi connectivity index (χ1n) is 6.40. The summed E-state index contributed by atoms with van der Waals surface area (Å²) in [4.78, 5) is 0. The Bertz CT molecular complexity index is 420. The molecular weight excluding hydrogens is 263 g/mol. The second kappa shape index (κ2) is 8.28. The number of rotatable bonds is 8. The van der Waals surface area contributed by atoms with Gasteiger partial charge in [0.1, 0.15) is 0 Å². The van der Waals surface area contributed by atoms with Crippen LogP contribution < -0.4 is 0 Å². The fourth-order valence-corrected chi connectivity index (χ4v) is 3.11. The lowest BCUT2D eigenvalue weighted by atomic mass is 10.2. The molecule has 0 saturated carbocycles. The van der Waals surface area contributed by atoms with Crippen LogP contribution in [-0.4, -0.2) is 24.2 Å². The van der Waals surface area contributed by atoms with Gasteiger partial charge in [0.15, 0.2) is 5.85 Å². The highest BCUT2D eigenvalue weighted by Crippen LogP contribution is 2.53. The smallest absolute Gasteiger partial charge is 0.359 e. The van der Waals surface area contributed by atoms with E-state index in [-0.39, 0.29) is 19.6 Å². The zero-order valence-electron chi connectivity index (χ0n) is 11.4. The van der Waals surface area contributed by atoms with Crippen molar-refractivity contribution in [3.63, 3.8) is 0 Å². The summed E-state index contributed by atoms with van der Waals surface area (Å²) in [5.74, 6) is -1.13. The summed E-state index contributed by atoms with van der Waals surface area (Å²) in [6.07, 6.45) is 3.86. The Morgan fingerprint density at radius 3 is 2.32 bits per heavy atom. The van der Waals surface area contributed by atoms with E-state index in [2.05, 4.69) is 0 Å². The third-order valence-electron chi connectivity index (χ3n) is 2.44. The van der Waals surface area contributed by atoms with E-state index in [1.165, 1.54) is 0 Å². The highest BCUT2D eigenvalue weighted by molar-refractivity contribution is 7.54. The van der Waals surface area contributed by atoms with E-state index in [0.717, 1.165) is 5.56 Å². The quantitative estimate of drug-likeness (QED) is 0.740. The number of hydrogen-bond donors (Lipinski definition) is 1. The van der Waals surface area contributed by atoms with Crippen LogP contribution in [0.15, 0.2) is 36.4 Å². The topological polar surface area (TPSA) is 55.8 Å². The van der Waals surface area contributed by atoms with Crippen molar-refractivity contribution in [2.24, 2.45) is 0 Å². The largest absolute Gasteiger partial charge is 0.380 e. The average Bonchev–Trinajstić information content (AvgIpc) is 2.40. The molecule has 19 heavy (non-hydrogen) atoms. The van der Waals surface area contributed by atoms with Gasteiger partial charge in [0, 0.05) is 6.42 Å². The van der Waals surface area contributed by atoms with Gasteiger partial charge in [0.2, 0.25) is 0 Å². The van der Waals surface area contributed by atoms with E-state index in [1.54, 1.807) is 19.9 Å². The first kappa shape index (κ1) is 16.1. The maximum absolute atomic E-state index is 12.2. The predicted molar refractivity (Wildman–Crippen MR) is 77.0 cm³/mol. The molecule has 1 N–H and O–H groups in total. The third kappa shape index (κ3) is 5.29. The van der Waals surface area contributed by atoms with Crippen LogP contribution in [0.1, 0.15) is 25.8 Å². The van der Waals surface area contributed by atoms with E-state index >= 15 is 0 Å². The maximum atomic E-state index is 12.2. The summed E-state index contributed by atoms with van der Waals surface area (Å²) >= 11 is 0. The van der Waals surface area contributed by atoms with E-state index in [1.807, 2.05) is 36.4 Å². The molecule has 0 bridgehead atoms. The monoisotopic (exact) mass is 284 g/mol. The van der Waals surface area contributed by atoms with Crippen LogP contribution >= 0.6 is 7.60 Å². The predicted octanol–water partition coefficient (Wildman–Crippen LogP) is 3.67. The Hall–Kier alpha value is -0.930. The molecule has 4 nitrogen and oxygen atoms in total. The molecule has 0 unspecified atom stereocenters. The third-order valence-corrected chi connectivity index (χ3v) is 4.62. The van der Waals surface area contributed by atoms with Crippen LogP contribution in [0.3, 0.4) is 0 Å². The molecule has 0 spiro atoms. The average molecular weight is 284 g/mol. The van der Waals surface area contributed by atoms with Crippen molar-refractivity contribution in [1.29, 1.82) is 0 Å². The van der Waals surface area contributed by atoms with Crippen molar-refractivity contribution in [2.75, 3.05) is 13.2 Å². The van der Waals surface area contributed by atoms with Gasteiger partial charge in [-0.25, -0.2) is 0 Å². The van der Waals surface area contributed by atoms with Crippen molar-refractivity contribution in [1.82, 2.24) is 0 Å². The Kier molecular flexibility index (Phi) is 7.03. The summed E-state index contributed by atoms with van der Waals surface area (Å²) in [6.45, 7) is 3.93. The molecule has 0 aliphatic heterocycles. The molecule has 0 radical (unpaired) electrons. The minimum absolute atomic E-state index is 0.228. The summed E-state index contributed by atoms with van der Waals surface area (Å²) in [7, 11) is -3.43. The minimum Gasteiger partial charge on any atom is -0.380 e. The Morgan fingerprint density at radius 2 is 1.79 bits per heavy atom. The number of hydrogen-bond acceptors (Lipinski definition) is 4. The second-order valence-corrected chi connectivity index (χ2v) is 6.10. The van der Waals surface area contributed by atoms with E-state index < -0.39 is 13.4 Å². The molecule has 106 valence electrons. The van der Waals surface area contributed by atoms with Gasteiger partial charge in [0.25, 0.3) is 0 Å². The van der Waals surface area contributed by atoms with E-state index in [4.69, 9.17) is 9.05 Å². The fraction of sp³-hybridized carbons (Fsp3) is 0.429. The molecule has 1 atom stereocenters. The summed E-state index contributed by atoms with van der Waals surface area (Å²) in [5, 5.41) is 9.94. The summed E-state index contributed by atoms with van der Waals surface area (Å²) in [5.41, 5.74) is 1.03. The van der Waals surface area contributed by atoms with Crippen LogP contribution in [0, 0.1) is 0 Å². The molecule has 0 saturated heterocycles. The molecule has 0 heterocycles. The van der Waals surface area contributed by atoms with E-state index in [0.29, 0.717) is 0 Å². The second-order valence-electron chi connectivity index (χ2n) is 3.90. The zero-order chi connectivity index (χ0) is 14.1. The molecular formula is C14H21O4P. The normalized spacial score (nSPS) is 13.8. The maximum Gasteiger partial charge on any atom is 0.359 e. The molecule has 5 heteroatoms. The van der Waals surface area contributed by atoms with Crippen molar-refractivity contribution in [3.05, 3.63) is 42.0 Å². The molecule has 0 aliphatic rings. The van der Waals surface area contributed by atoms with Gasteiger partial charge in [-0.05, 0) is 19.4 Å². The molecule has 0 amide bonds. The van der Waals surface area contributed by atoms with E-state index in [9.17, 15) is 9.67 Å².